The molecule has 0 bridgehead atoms. The van der Waals surface area contributed by atoms with Crippen LogP contribution in [0, 0.1) is 23.7 Å². The average molecular weight is 308 g/mol. The second-order valence-electron chi connectivity index (χ2n) is 5.46. The molecule has 0 radical (unpaired) electrons. The number of sulfonamides is 1. The third-order valence-corrected chi connectivity index (χ3v) is 5.57. The molecule has 1 fully saturated rings. The maximum Gasteiger partial charge on any atom is 0.244 e. The van der Waals surface area contributed by atoms with Crippen LogP contribution in [-0.4, -0.2) is 42.5 Å². The normalized spacial score (nSPS) is 22.8. The molecule has 5 nitrogen and oxygen atoms in total. The van der Waals surface area contributed by atoms with E-state index in [9.17, 15) is 8.42 Å². The SMILES string of the molecule is CC1CN(S(=O)(=O)c2cncc(C#CCCO)c2)CC1C. The number of aromatic nitrogens is 1. The molecule has 0 saturated carbocycles. The molecule has 21 heavy (non-hydrogen) atoms. The van der Waals surface area contributed by atoms with Gasteiger partial charge in [0.1, 0.15) is 4.90 Å². The molecule has 2 heterocycles. The first-order valence-electron chi connectivity index (χ1n) is 7.00. The van der Waals surface area contributed by atoms with E-state index in [1.165, 1.54) is 16.7 Å². The van der Waals surface area contributed by atoms with Gasteiger partial charge in [-0.2, -0.15) is 4.31 Å². The zero-order valence-corrected chi connectivity index (χ0v) is 13.1. The third-order valence-electron chi connectivity index (χ3n) is 3.78. The zero-order valence-electron chi connectivity index (χ0n) is 12.3. The number of nitrogens with zero attached hydrogens (tertiary/aromatic N) is 2. The summed E-state index contributed by atoms with van der Waals surface area (Å²) in [6.07, 6.45) is 3.25. The summed E-state index contributed by atoms with van der Waals surface area (Å²) < 4.78 is 26.7. The average Bonchev–Trinajstić information content (AvgIpc) is 2.80. The van der Waals surface area contributed by atoms with E-state index in [2.05, 4.69) is 30.7 Å². The Bertz CT molecular complexity index is 651. The van der Waals surface area contributed by atoms with Gasteiger partial charge in [0.2, 0.25) is 10.0 Å². The number of aliphatic hydroxyl groups excluding tert-OH is 1. The topological polar surface area (TPSA) is 70.5 Å². The van der Waals surface area contributed by atoms with Gasteiger partial charge in [0.25, 0.3) is 0 Å². The molecule has 2 atom stereocenters. The summed E-state index contributed by atoms with van der Waals surface area (Å²) in [6, 6.07) is 1.54. The molecule has 1 aromatic rings. The molecule has 6 heteroatoms. The van der Waals surface area contributed by atoms with Gasteiger partial charge >= 0.3 is 0 Å². The number of hydrogen-bond donors (Lipinski definition) is 1. The van der Waals surface area contributed by atoms with Crippen molar-refractivity contribution in [2.24, 2.45) is 11.8 Å². The number of rotatable bonds is 3. The van der Waals surface area contributed by atoms with Crippen LogP contribution in [0.4, 0.5) is 0 Å². The van der Waals surface area contributed by atoms with E-state index in [1.54, 1.807) is 6.07 Å². The highest BCUT2D eigenvalue weighted by Gasteiger charge is 2.35. The van der Waals surface area contributed by atoms with Gasteiger partial charge in [0, 0.05) is 37.5 Å². The number of pyridine rings is 1. The fourth-order valence-electron chi connectivity index (χ4n) is 2.27. The Morgan fingerprint density at radius 1 is 1.33 bits per heavy atom. The quantitative estimate of drug-likeness (QED) is 0.849. The third kappa shape index (κ3) is 3.62. The highest BCUT2D eigenvalue weighted by molar-refractivity contribution is 7.89. The van der Waals surface area contributed by atoms with Gasteiger partial charge in [-0.1, -0.05) is 25.7 Å². The fourth-order valence-corrected chi connectivity index (χ4v) is 3.90. The molecule has 1 aliphatic heterocycles. The summed E-state index contributed by atoms with van der Waals surface area (Å²) in [7, 11) is -3.50. The Balaban J connectivity index is 2.25. The second kappa shape index (κ2) is 6.56. The molecule has 1 saturated heterocycles. The smallest absolute Gasteiger partial charge is 0.244 e. The van der Waals surface area contributed by atoms with E-state index in [1.807, 2.05) is 0 Å². The van der Waals surface area contributed by atoms with Gasteiger partial charge in [-0.15, -0.1) is 0 Å². The van der Waals surface area contributed by atoms with E-state index in [4.69, 9.17) is 5.11 Å². The Morgan fingerprint density at radius 2 is 2.00 bits per heavy atom. The summed E-state index contributed by atoms with van der Waals surface area (Å²) in [5.41, 5.74) is 0.546. The van der Waals surface area contributed by atoms with Crippen molar-refractivity contribution in [1.82, 2.24) is 9.29 Å². The molecule has 1 aromatic heterocycles. The molecule has 114 valence electrons. The highest BCUT2D eigenvalue weighted by atomic mass is 32.2. The lowest BCUT2D eigenvalue weighted by Crippen LogP contribution is -2.29. The molecule has 0 spiro atoms. The Hall–Kier alpha value is -1.42. The zero-order chi connectivity index (χ0) is 15.5. The maximum atomic E-state index is 12.6. The summed E-state index contributed by atoms with van der Waals surface area (Å²) in [5.74, 6) is 6.30. The molecular weight excluding hydrogens is 288 g/mol. The number of hydrogen-bond acceptors (Lipinski definition) is 4. The maximum absolute atomic E-state index is 12.6. The first-order chi connectivity index (χ1) is 9.95. The van der Waals surface area contributed by atoms with Crippen LogP contribution < -0.4 is 0 Å². The molecule has 1 aliphatic rings. The predicted molar refractivity (Wildman–Crippen MR) is 79.9 cm³/mol. The van der Waals surface area contributed by atoms with Crippen LogP contribution in [0.5, 0.6) is 0 Å². The first-order valence-corrected chi connectivity index (χ1v) is 8.44. The van der Waals surface area contributed by atoms with E-state index in [-0.39, 0.29) is 11.5 Å². The summed E-state index contributed by atoms with van der Waals surface area (Å²) in [5, 5.41) is 8.70. The van der Waals surface area contributed by atoms with Crippen molar-refractivity contribution in [2.75, 3.05) is 19.7 Å². The molecule has 0 amide bonds. The van der Waals surface area contributed by atoms with E-state index in [0.717, 1.165) is 0 Å². The van der Waals surface area contributed by atoms with Gasteiger partial charge in [0.15, 0.2) is 0 Å². The Morgan fingerprint density at radius 3 is 2.62 bits per heavy atom. The van der Waals surface area contributed by atoms with Crippen molar-refractivity contribution in [3.05, 3.63) is 24.0 Å². The van der Waals surface area contributed by atoms with Gasteiger partial charge in [-0.05, 0) is 17.9 Å². The number of aliphatic hydroxyl groups is 1. The molecular formula is C15H20N2O3S. The molecule has 0 aromatic carbocycles. The van der Waals surface area contributed by atoms with Gasteiger partial charge in [0.05, 0.1) is 6.61 Å². The van der Waals surface area contributed by atoms with Gasteiger partial charge in [-0.25, -0.2) is 8.42 Å². The Labute approximate surface area is 126 Å². The van der Waals surface area contributed by atoms with Crippen LogP contribution in [0.1, 0.15) is 25.8 Å². The van der Waals surface area contributed by atoms with Crippen molar-refractivity contribution < 1.29 is 13.5 Å². The van der Waals surface area contributed by atoms with Crippen molar-refractivity contribution >= 4 is 10.0 Å². The highest BCUT2D eigenvalue weighted by Crippen LogP contribution is 2.27. The minimum absolute atomic E-state index is 0.0119. The minimum atomic E-state index is -3.50. The molecule has 2 unspecified atom stereocenters. The Kier molecular flexibility index (Phi) is 4.99. The minimum Gasteiger partial charge on any atom is -0.395 e. The van der Waals surface area contributed by atoms with Crippen LogP contribution >= 0.6 is 0 Å². The molecule has 0 aliphatic carbocycles. The monoisotopic (exact) mass is 308 g/mol. The molecule has 1 N–H and O–H groups in total. The van der Waals surface area contributed by atoms with Crippen LogP contribution in [0.3, 0.4) is 0 Å². The van der Waals surface area contributed by atoms with E-state index < -0.39 is 10.0 Å². The predicted octanol–water partition coefficient (Wildman–Crippen LogP) is 1.09. The lowest BCUT2D eigenvalue weighted by molar-refractivity contribution is 0.305. The van der Waals surface area contributed by atoms with Gasteiger partial charge < -0.3 is 5.11 Å². The lowest BCUT2D eigenvalue weighted by Gasteiger charge is -2.15. The van der Waals surface area contributed by atoms with Crippen molar-refractivity contribution in [1.29, 1.82) is 0 Å². The van der Waals surface area contributed by atoms with Gasteiger partial charge in [-0.3, -0.25) is 4.98 Å². The van der Waals surface area contributed by atoms with Crippen molar-refractivity contribution in [3.8, 4) is 11.8 Å². The van der Waals surface area contributed by atoms with Crippen molar-refractivity contribution in [2.45, 2.75) is 25.2 Å². The second-order valence-corrected chi connectivity index (χ2v) is 7.40. The summed E-state index contributed by atoms with van der Waals surface area (Å²) in [6.45, 7) is 5.21. The van der Waals surface area contributed by atoms with E-state index >= 15 is 0 Å². The fraction of sp³-hybridized carbons (Fsp3) is 0.533. The summed E-state index contributed by atoms with van der Waals surface area (Å²) in [4.78, 5) is 4.15. The van der Waals surface area contributed by atoms with Crippen LogP contribution in [0.25, 0.3) is 0 Å². The lowest BCUT2D eigenvalue weighted by atomic mass is 10.0. The van der Waals surface area contributed by atoms with Crippen molar-refractivity contribution in [3.63, 3.8) is 0 Å². The van der Waals surface area contributed by atoms with Crippen LogP contribution in [0.2, 0.25) is 0 Å². The van der Waals surface area contributed by atoms with E-state index in [0.29, 0.717) is 36.9 Å². The first kappa shape index (κ1) is 16.0. The largest absolute Gasteiger partial charge is 0.395 e. The molecule has 2 rings (SSSR count). The van der Waals surface area contributed by atoms with Crippen LogP contribution in [0.15, 0.2) is 23.4 Å². The van der Waals surface area contributed by atoms with Crippen LogP contribution in [-0.2, 0) is 10.0 Å². The standard InChI is InChI=1S/C15H20N2O3S/c1-12-10-17(11-13(12)2)21(19,20)15-7-14(8-16-9-15)5-3-4-6-18/h7-9,12-13,18H,4,6,10-11H2,1-2H3. The summed E-state index contributed by atoms with van der Waals surface area (Å²) >= 11 is 0.